The zero-order valence-corrected chi connectivity index (χ0v) is 19.2. The van der Waals surface area contributed by atoms with Crippen LogP contribution in [-0.2, 0) is 29.1 Å². The van der Waals surface area contributed by atoms with Crippen molar-refractivity contribution in [3.63, 3.8) is 0 Å². The summed E-state index contributed by atoms with van der Waals surface area (Å²) >= 11 is 6.32. The standard InChI is InChI=1S/C27H24ClN3O3/c28-23-15-22(16-24(17-23)29-12-11-20-7-3-1-4-8-20)26-27(33)31(14-13-30-26)18-25(32)34-19-21-9-5-2-6-10-21/h1-10,13-17,29H,11-12,18-19H2. The highest BCUT2D eigenvalue weighted by Gasteiger charge is 2.13. The molecule has 4 aromatic rings. The molecular formula is C27H24ClN3O3. The predicted octanol–water partition coefficient (Wildman–Crippen LogP) is 4.96. The van der Waals surface area contributed by atoms with Crippen molar-refractivity contribution in [2.24, 2.45) is 0 Å². The van der Waals surface area contributed by atoms with Crippen molar-refractivity contribution in [3.8, 4) is 11.3 Å². The molecule has 0 saturated carbocycles. The lowest BCUT2D eigenvalue weighted by Gasteiger charge is -2.11. The molecule has 0 unspecified atom stereocenters. The summed E-state index contributed by atoms with van der Waals surface area (Å²) in [6.07, 6.45) is 3.81. The van der Waals surface area contributed by atoms with Gasteiger partial charge in [-0.3, -0.25) is 9.59 Å². The van der Waals surface area contributed by atoms with E-state index in [2.05, 4.69) is 22.4 Å². The lowest BCUT2D eigenvalue weighted by molar-refractivity contribution is -0.145. The number of carbonyl (C=O) groups is 1. The van der Waals surface area contributed by atoms with Crippen molar-refractivity contribution in [1.29, 1.82) is 0 Å². The molecule has 0 fully saturated rings. The summed E-state index contributed by atoms with van der Waals surface area (Å²) in [4.78, 5) is 29.6. The van der Waals surface area contributed by atoms with E-state index in [-0.39, 0.29) is 18.8 Å². The van der Waals surface area contributed by atoms with Gasteiger partial charge in [0.25, 0.3) is 5.56 Å². The summed E-state index contributed by atoms with van der Waals surface area (Å²) in [6, 6.07) is 24.9. The van der Waals surface area contributed by atoms with E-state index in [0.717, 1.165) is 17.7 Å². The summed E-state index contributed by atoms with van der Waals surface area (Å²) in [5, 5.41) is 3.83. The average Bonchev–Trinajstić information content (AvgIpc) is 2.85. The van der Waals surface area contributed by atoms with Crippen molar-refractivity contribution in [3.05, 3.63) is 118 Å². The zero-order valence-electron chi connectivity index (χ0n) is 18.5. The lowest BCUT2D eigenvalue weighted by atomic mass is 10.1. The Labute approximate surface area is 202 Å². The molecular weight excluding hydrogens is 450 g/mol. The van der Waals surface area contributed by atoms with E-state index >= 15 is 0 Å². The Morgan fingerprint density at radius 2 is 1.68 bits per heavy atom. The largest absolute Gasteiger partial charge is 0.459 e. The second-order valence-electron chi connectivity index (χ2n) is 7.75. The van der Waals surface area contributed by atoms with Gasteiger partial charge in [-0.25, -0.2) is 4.98 Å². The first-order valence-electron chi connectivity index (χ1n) is 10.9. The molecule has 1 heterocycles. The Kier molecular flexibility index (Phi) is 7.73. The number of hydrogen-bond acceptors (Lipinski definition) is 5. The van der Waals surface area contributed by atoms with E-state index in [9.17, 15) is 9.59 Å². The second-order valence-corrected chi connectivity index (χ2v) is 8.18. The van der Waals surface area contributed by atoms with Gasteiger partial charge in [0.15, 0.2) is 0 Å². The van der Waals surface area contributed by atoms with Crippen LogP contribution in [0.5, 0.6) is 0 Å². The van der Waals surface area contributed by atoms with Crippen LogP contribution in [0.4, 0.5) is 5.69 Å². The van der Waals surface area contributed by atoms with Crippen LogP contribution in [0.1, 0.15) is 11.1 Å². The molecule has 34 heavy (non-hydrogen) atoms. The monoisotopic (exact) mass is 473 g/mol. The van der Waals surface area contributed by atoms with Crippen LogP contribution < -0.4 is 10.9 Å². The number of rotatable bonds is 9. The number of carbonyl (C=O) groups excluding carboxylic acids is 1. The number of ether oxygens (including phenoxy) is 1. The van der Waals surface area contributed by atoms with E-state index in [0.29, 0.717) is 17.1 Å². The van der Waals surface area contributed by atoms with Crippen LogP contribution in [0, 0.1) is 0 Å². The molecule has 0 radical (unpaired) electrons. The van der Waals surface area contributed by atoms with Gasteiger partial charge in [-0.1, -0.05) is 72.3 Å². The van der Waals surface area contributed by atoms with E-state index in [1.54, 1.807) is 12.1 Å². The van der Waals surface area contributed by atoms with Crippen molar-refractivity contribution in [1.82, 2.24) is 9.55 Å². The van der Waals surface area contributed by atoms with Gasteiger partial charge in [0.05, 0.1) is 0 Å². The zero-order chi connectivity index (χ0) is 23.8. The molecule has 0 aliphatic heterocycles. The van der Waals surface area contributed by atoms with Crippen LogP contribution in [0.25, 0.3) is 11.3 Å². The Hall–Kier alpha value is -3.90. The number of benzene rings is 3. The molecule has 0 aliphatic carbocycles. The number of nitrogens with zero attached hydrogens (tertiary/aromatic N) is 2. The van der Waals surface area contributed by atoms with Gasteiger partial charge >= 0.3 is 5.97 Å². The minimum absolute atomic E-state index is 0.151. The molecule has 0 atom stereocenters. The van der Waals surface area contributed by atoms with Gasteiger partial charge in [0.1, 0.15) is 18.8 Å². The third-order valence-electron chi connectivity index (χ3n) is 5.21. The molecule has 0 saturated heterocycles. The maximum absolute atomic E-state index is 13.0. The van der Waals surface area contributed by atoms with Gasteiger partial charge in [0, 0.05) is 35.2 Å². The molecule has 3 aromatic carbocycles. The van der Waals surface area contributed by atoms with Gasteiger partial charge in [-0.2, -0.15) is 0 Å². The number of hydrogen-bond donors (Lipinski definition) is 1. The maximum atomic E-state index is 13.0. The smallest absolute Gasteiger partial charge is 0.326 e. The van der Waals surface area contributed by atoms with Crippen LogP contribution in [-0.4, -0.2) is 22.1 Å². The van der Waals surface area contributed by atoms with Crippen molar-refractivity contribution in [2.45, 2.75) is 19.6 Å². The molecule has 7 heteroatoms. The number of anilines is 1. The number of esters is 1. The van der Waals surface area contributed by atoms with Gasteiger partial charge in [-0.15, -0.1) is 0 Å². The molecule has 1 aromatic heterocycles. The third-order valence-corrected chi connectivity index (χ3v) is 5.43. The summed E-state index contributed by atoms with van der Waals surface area (Å²) < 4.78 is 6.59. The molecule has 0 bridgehead atoms. The quantitative estimate of drug-likeness (QED) is 0.348. The van der Waals surface area contributed by atoms with Crippen LogP contribution >= 0.6 is 11.6 Å². The first kappa shape index (κ1) is 23.3. The highest BCUT2D eigenvalue weighted by molar-refractivity contribution is 6.31. The normalized spacial score (nSPS) is 10.6. The van der Waals surface area contributed by atoms with E-state index in [1.165, 1.54) is 22.5 Å². The van der Waals surface area contributed by atoms with Crippen LogP contribution in [0.3, 0.4) is 0 Å². The topological polar surface area (TPSA) is 73.2 Å². The maximum Gasteiger partial charge on any atom is 0.326 e. The van der Waals surface area contributed by atoms with Crippen LogP contribution in [0.15, 0.2) is 96.1 Å². The molecule has 0 amide bonds. The number of aromatic nitrogens is 2. The van der Waals surface area contributed by atoms with E-state index in [4.69, 9.17) is 16.3 Å². The van der Waals surface area contributed by atoms with E-state index in [1.807, 2.05) is 54.6 Å². The van der Waals surface area contributed by atoms with Crippen molar-refractivity contribution < 1.29 is 9.53 Å². The predicted molar refractivity (Wildman–Crippen MR) is 134 cm³/mol. The van der Waals surface area contributed by atoms with Crippen molar-refractivity contribution in [2.75, 3.05) is 11.9 Å². The summed E-state index contributed by atoms with van der Waals surface area (Å²) in [5.41, 5.74) is 3.29. The SMILES string of the molecule is O=C(Cn1ccnc(-c2cc(Cl)cc(NCCc3ccccc3)c2)c1=O)OCc1ccccc1. The van der Waals surface area contributed by atoms with Gasteiger partial charge in [-0.05, 0) is 35.7 Å². The minimum atomic E-state index is -0.502. The molecule has 172 valence electrons. The lowest BCUT2D eigenvalue weighted by Crippen LogP contribution is -2.26. The Bertz CT molecular complexity index is 1310. The minimum Gasteiger partial charge on any atom is -0.459 e. The highest BCUT2D eigenvalue weighted by atomic mass is 35.5. The summed E-state index contributed by atoms with van der Waals surface area (Å²) in [5.74, 6) is -0.502. The number of halogens is 1. The molecule has 0 spiro atoms. The molecule has 1 N–H and O–H groups in total. The fourth-order valence-electron chi connectivity index (χ4n) is 3.52. The number of nitrogens with one attached hydrogen (secondary N) is 1. The Balaban J connectivity index is 1.44. The van der Waals surface area contributed by atoms with E-state index < -0.39 is 11.5 Å². The molecule has 6 nitrogen and oxygen atoms in total. The second kappa shape index (κ2) is 11.3. The summed E-state index contributed by atoms with van der Waals surface area (Å²) in [7, 11) is 0. The Morgan fingerprint density at radius 1 is 0.971 bits per heavy atom. The van der Waals surface area contributed by atoms with Gasteiger partial charge < -0.3 is 14.6 Å². The Morgan fingerprint density at radius 3 is 2.41 bits per heavy atom. The molecule has 0 aliphatic rings. The third kappa shape index (κ3) is 6.33. The molecule has 4 rings (SSSR count). The fourth-order valence-corrected chi connectivity index (χ4v) is 3.75. The van der Waals surface area contributed by atoms with Crippen molar-refractivity contribution >= 4 is 23.3 Å². The first-order valence-corrected chi connectivity index (χ1v) is 11.3. The highest BCUT2D eigenvalue weighted by Crippen LogP contribution is 2.24. The van der Waals surface area contributed by atoms with Crippen LogP contribution in [0.2, 0.25) is 5.02 Å². The first-order chi connectivity index (χ1) is 16.6. The average molecular weight is 474 g/mol. The van der Waals surface area contributed by atoms with Gasteiger partial charge in [0.2, 0.25) is 0 Å². The summed E-state index contributed by atoms with van der Waals surface area (Å²) in [6.45, 7) is 0.659. The fraction of sp³-hybridized carbons (Fsp3) is 0.148.